The quantitative estimate of drug-likeness (QED) is 0.558. The second kappa shape index (κ2) is 11.3. The standard InChI is InChI=1S/C24H29N3O8/c1-31-16-5-6-17(18(13-16)32-2)24(30)27-9-7-26(8-10-27)23(29)15-11-19(33-3)22(20(12-15)34-4)35-14-21(25)28/h5-6,11-13H,7-10,14H2,1-4H3,(H2,25,28). The first kappa shape index (κ1) is 25.5. The van der Waals surface area contributed by atoms with Crippen LogP contribution in [0, 0.1) is 0 Å². The fourth-order valence-corrected chi connectivity index (χ4v) is 3.73. The zero-order valence-electron chi connectivity index (χ0n) is 20.2. The van der Waals surface area contributed by atoms with E-state index in [0.717, 1.165) is 0 Å². The van der Waals surface area contributed by atoms with Gasteiger partial charge in [0.1, 0.15) is 11.5 Å². The van der Waals surface area contributed by atoms with Gasteiger partial charge in [-0.1, -0.05) is 0 Å². The third-order valence-electron chi connectivity index (χ3n) is 5.56. The Morgan fingerprint density at radius 2 is 1.31 bits per heavy atom. The topological polar surface area (TPSA) is 130 Å². The Balaban J connectivity index is 1.72. The molecule has 0 aliphatic carbocycles. The normalized spacial score (nSPS) is 13.1. The number of hydrogen-bond acceptors (Lipinski definition) is 8. The molecule has 11 heteroatoms. The molecular formula is C24H29N3O8. The van der Waals surface area contributed by atoms with Crippen molar-refractivity contribution in [3.63, 3.8) is 0 Å². The van der Waals surface area contributed by atoms with Crippen LogP contribution >= 0.6 is 0 Å². The zero-order chi connectivity index (χ0) is 25.5. The van der Waals surface area contributed by atoms with Crippen LogP contribution in [-0.2, 0) is 4.79 Å². The Hall–Kier alpha value is -4.15. The van der Waals surface area contributed by atoms with Crippen LogP contribution in [0.1, 0.15) is 20.7 Å². The summed E-state index contributed by atoms with van der Waals surface area (Å²) >= 11 is 0. The van der Waals surface area contributed by atoms with Gasteiger partial charge in [-0.3, -0.25) is 14.4 Å². The van der Waals surface area contributed by atoms with E-state index in [9.17, 15) is 14.4 Å². The molecule has 188 valence electrons. The van der Waals surface area contributed by atoms with E-state index in [1.165, 1.54) is 33.5 Å². The predicted octanol–water partition coefficient (Wildman–Crippen LogP) is 1.18. The van der Waals surface area contributed by atoms with Crippen molar-refractivity contribution in [2.75, 3.05) is 61.2 Å². The molecule has 35 heavy (non-hydrogen) atoms. The van der Waals surface area contributed by atoms with Crippen molar-refractivity contribution < 1.29 is 38.1 Å². The van der Waals surface area contributed by atoms with Crippen LogP contribution in [0.25, 0.3) is 0 Å². The number of hydrogen-bond donors (Lipinski definition) is 1. The fourth-order valence-electron chi connectivity index (χ4n) is 3.73. The van der Waals surface area contributed by atoms with Crippen molar-refractivity contribution in [3.05, 3.63) is 41.5 Å². The maximum Gasteiger partial charge on any atom is 0.257 e. The molecule has 1 fully saturated rings. The molecule has 0 radical (unpaired) electrons. The predicted molar refractivity (Wildman–Crippen MR) is 126 cm³/mol. The lowest BCUT2D eigenvalue weighted by atomic mass is 10.1. The molecule has 1 aliphatic heterocycles. The summed E-state index contributed by atoms with van der Waals surface area (Å²) in [6.45, 7) is 1.03. The number of carbonyl (C=O) groups is 3. The van der Waals surface area contributed by atoms with Gasteiger partial charge in [0.05, 0.1) is 34.0 Å². The third kappa shape index (κ3) is 5.68. The lowest BCUT2D eigenvalue weighted by molar-refractivity contribution is -0.120. The van der Waals surface area contributed by atoms with Gasteiger partial charge in [0.2, 0.25) is 5.75 Å². The van der Waals surface area contributed by atoms with Crippen molar-refractivity contribution in [2.45, 2.75) is 0 Å². The van der Waals surface area contributed by atoms with Crippen LogP contribution in [-0.4, -0.2) is 88.7 Å². The summed E-state index contributed by atoms with van der Waals surface area (Å²) in [4.78, 5) is 40.7. The molecule has 0 saturated carbocycles. The lowest BCUT2D eigenvalue weighted by Gasteiger charge is -2.35. The van der Waals surface area contributed by atoms with Gasteiger partial charge in [-0.25, -0.2) is 0 Å². The van der Waals surface area contributed by atoms with E-state index in [1.54, 1.807) is 35.1 Å². The molecule has 1 aliphatic rings. The highest BCUT2D eigenvalue weighted by Crippen LogP contribution is 2.39. The highest BCUT2D eigenvalue weighted by atomic mass is 16.5. The average molecular weight is 488 g/mol. The number of nitrogens with zero attached hydrogens (tertiary/aromatic N) is 2. The molecule has 3 rings (SSSR count). The Morgan fingerprint density at radius 3 is 1.80 bits per heavy atom. The second-order valence-electron chi connectivity index (χ2n) is 7.62. The van der Waals surface area contributed by atoms with Crippen molar-refractivity contribution in [3.8, 4) is 28.7 Å². The molecule has 3 amide bonds. The highest BCUT2D eigenvalue weighted by Gasteiger charge is 2.28. The maximum atomic E-state index is 13.2. The highest BCUT2D eigenvalue weighted by molar-refractivity contribution is 5.98. The van der Waals surface area contributed by atoms with E-state index in [2.05, 4.69) is 0 Å². The fraction of sp³-hybridized carbons (Fsp3) is 0.375. The largest absolute Gasteiger partial charge is 0.497 e. The molecule has 2 aromatic carbocycles. The molecule has 2 aromatic rings. The number of methoxy groups -OCH3 is 4. The first-order chi connectivity index (χ1) is 16.8. The van der Waals surface area contributed by atoms with Crippen LogP contribution in [0.5, 0.6) is 28.7 Å². The number of piperazine rings is 1. The van der Waals surface area contributed by atoms with Gasteiger partial charge in [0, 0.05) is 37.8 Å². The molecule has 0 bridgehead atoms. The average Bonchev–Trinajstić information content (AvgIpc) is 2.90. The number of benzene rings is 2. The van der Waals surface area contributed by atoms with Crippen LogP contribution in [0.4, 0.5) is 0 Å². The van der Waals surface area contributed by atoms with Gasteiger partial charge in [0.25, 0.3) is 17.7 Å². The number of rotatable bonds is 9. The Bertz CT molecular complexity index is 1070. The van der Waals surface area contributed by atoms with E-state index < -0.39 is 5.91 Å². The van der Waals surface area contributed by atoms with E-state index in [-0.39, 0.29) is 35.7 Å². The number of nitrogens with two attached hydrogens (primary N) is 1. The van der Waals surface area contributed by atoms with Crippen molar-refractivity contribution in [2.24, 2.45) is 5.73 Å². The summed E-state index contributed by atoms with van der Waals surface area (Å²) in [5.41, 5.74) is 5.90. The van der Waals surface area contributed by atoms with E-state index in [1.807, 2.05) is 0 Å². The minimum atomic E-state index is -0.658. The Kier molecular flexibility index (Phi) is 8.24. The van der Waals surface area contributed by atoms with Crippen LogP contribution in [0.15, 0.2) is 30.3 Å². The van der Waals surface area contributed by atoms with Crippen LogP contribution in [0.3, 0.4) is 0 Å². The van der Waals surface area contributed by atoms with Crippen LogP contribution in [0.2, 0.25) is 0 Å². The van der Waals surface area contributed by atoms with E-state index in [4.69, 9.17) is 29.4 Å². The minimum absolute atomic E-state index is 0.175. The monoisotopic (exact) mass is 487 g/mol. The summed E-state index contributed by atoms with van der Waals surface area (Å²) in [7, 11) is 5.87. The number of carbonyl (C=O) groups excluding carboxylic acids is 3. The van der Waals surface area contributed by atoms with E-state index in [0.29, 0.717) is 48.8 Å². The SMILES string of the molecule is COc1ccc(C(=O)N2CCN(C(=O)c3cc(OC)c(OCC(N)=O)c(OC)c3)CC2)c(OC)c1. The van der Waals surface area contributed by atoms with Gasteiger partial charge >= 0.3 is 0 Å². The number of amides is 3. The molecular weight excluding hydrogens is 458 g/mol. The summed E-state index contributed by atoms with van der Waals surface area (Å²) in [5, 5.41) is 0. The summed E-state index contributed by atoms with van der Waals surface area (Å²) in [6, 6.07) is 8.05. The van der Waals surface area contributed by atoms with Crippen LogP contribution < -0.4 is 29.4 Å². The maximum absolute atomic E-state index is 13.2. The molecule has 0 unspecified atom stereocenters. The molecule has 1 saturated heterocycles. The summed E-state index contributed by atoms with van der Waals surface area (Å²) in [6.07, 6.45) is 0. The minimum Gasteiger partial charge on any atom is -0.497 e. The smallest absolute Gasteiger partial charge is 0.257 e. The number of ether oxygens (including phenoxy) is 5. The van der Waals surface area contributed by atoms with Gasteiger partial charge in [-0.15, -0.1) is 0 Å². The lowest BCUT2D eigenvalue weighted by Crippen LogP contribution is -2.50. The van der Waals surface area contributed by atoms with Gasteiger partial charge in [-0.05, 0) is 24.3 Å². The van der Waals surface area contributed by atoms with Crippen molar-refractivity contribution >= 4 is 17.7 Å². The summed E-state index contributed by atoms with van der Waals surface area (Å²) < 4.78 is 26.6. The van der Waals surface area contributed by atoms with Gasteiger partial charge < -0.3 is 39.2 Å². The molecule has 1 heterocycles. The third-order valence-corrected chi connectivity index (χ3v) is 5.56. The Morgan fingerprint density at radius 1 is 0.771 bits per heavy atom. The molecule has 0 atom stereocenters. The first-order valence-electron chi connectivity index (χ1n) is 10.8. The Labute approximate surface area is 203 Å². The van der Waals surface area contributed by atoms with Gasteiger partial charge in [-0.2, -0.15) is 0 Å². The molecule has 2 N–H and O–H groups in total. The molecule has 0 aromatic heterocycles. The number of primary amides is 1. The summed E-state index contributed by atoms with van der Waals surface area (Å²) in [5.74, 6) is 0.552. The van der Waals surface area contributed by atoms with E-state index >= 15 is 0 Å². The second-order valence-corrected chi connectivity index (χ2v) is 7.62. The first-order valence-corrected chi connectivity index (χ1v) is 10.8. The molecule has 0 spiro atoms. The zero-order valence-corrected chi connectivity index (χ0v) is 20.2. The van der Waals surface area contributed by atoms with Crippen molar-refractivity contribution in [1.29, 1.82) is 0 Å². The van der Waals surface area contributed by atoms with Gasteiger partial charge in [0.15, 0.2) is 18.1 Å². The molecule has 11 nitrogen and oxygen atoms in total. The van der Waals surface area contributed by atoms with Crippen molar-refractivity contribution in [1.82, 2.24) is 9.80 Å².